The average molecular weight is 288 g/mol. The van der Waals surface area contributed by atoms with Crippen molar-refractivity contribution < 1.29 is 24.9 Å². The van der Waals surface area contributed by atoms with Gasteiger partial charge in [-0.3, -0.25) is 4.79 Å². The van der Waals surface area contributed by atoms with E-state index in [1.807, 2.05) is 0 Å². The number of phenols is 2. The molecular weight excluding hydrogens is 272 g/mol. The Balaban J connectivity index is 2.35. The van der Waals surface area contributed by atoms with E-state index in [2.05, 4.69) is 0 Å². The molecule has 5 nitrogen and oxygen atoms in total. The van der Waals surface area contributed by atoms with Gasteiger partial charge in [0.15, 0.2) is 5.78 Å². The van der Waals surface area contributed by atoms with E-state index in [1.54, 1.807) is 19.1 Å². The zero-order valence-electron chi connectivity index (χ0n) is 11.8. The fourth-order valence-electron chi connectivity index (χ4n) is 3.01. The molecule has 0 aliphatic heterocycles. The highest BCUT2D eigenvalue weighted by atomic mass is 16.5. The Morgan fingerprint density at radius 1 is 1.19 bits per heavy atom. The normalized spacial score (nSPS) is 21.4. The summed E-state index contributed by atoms with van der Waals surface area (Å²) in [5.74, 6) is -0.248. The number of fused-ring (bicyclic) bond motifs is 2. The van der Waals surface area contributed by atoms with Crippen LogP contribution in [0, 0.1) is 0 Å². The third kappa shape index (κ3) is 2.10. The summed E-state index contributed by atoms with van der Waals surface area (Å²) in [7, 11) is 1.48. The molecule has 2 aromatic rings. The molecule has 0 radical (unpaired) electrons. The van der Waals surface area contributed by atoms with E-state index in [0.29, 0.717) is 16.7 Å². The molecule has 0 amide bonds. The summed E-state index contributed by atoms with van der Waals surface area (Å²) in [6.07, 6.45) is 0.228. The van der Waals surface area contributed by atoms with E-state index in [9.17, 15) is 20.1 Å². The SMILES string of the molecule is COc1cc(O)c2c(O)c3c(cc2c1)C[C@](C)(O)CC3=O. The van der Waals surface area contributed by atoms with Crippen LogP contribution in [0.4, 0.5) is 0 Å². The summed E-state index contributed by atoms with van der Waals surface area (Å²) in [4.78, 5) is 12.2. The van der Waals surface area contributed by atoms with E-state index in [4.69, 9.17) is 4.74 Å². The van der Waals surface area contributed by atoms with Gasteiger partial charge in [-0.15, -0.1) is 0 Å². The number of phenolic OH excluding ortho intramolecular Hbond substituents is 2. The molecule has 5 heteroatoms. The second-order valence-electron chi connectivity index (χ2n) is 5.78. The van der Waals surface area contributed by atoms with Gasteiger partial charge in [0.1, 0.15) is 17.2 Å². The number of aliphatic hydroxyl groups is 1. The lowest BCUT2D eigenvalue weighted by Crippen LogP contribution is -2.35. The molecule has 0 saturated carbocycles. The summed E-state index contributed by atoms with van der Waals surface area (Å²) in [5.41, 5.74) is -0.353. The fourth-order valence-corrected chi connectivity index (χ4v) is 3.01. The third-order valence-electron chi connectivity index (χ3n) is 3.87. The minimum absolute atomic E-state index is 0.0457. The third-order valence-corrected chi connectivity index (χ3v) is 3.87. The molecule has 1 atom stereocenters. The van der Waals surface area contributed by atoms with Crippen LogP contribution in [0.25, 0.3) is 10.8 Å². The smallest absolute Gasteiger partial charge is 0.169 e. The summed E-state index contributed by atoms with van der Waals surface area (Å²) in [5, 5.41) is 31.4. The lowest BCUT2D eigenvalue weighted by Gasteiger charge is -2.29. The molecule has 110 valence electrons. The zero-order chi connectivity index (χ0) is 15.4. The van der Waals surface area contributed by atoms with Crippen LogP contribution >= 0.6 is 0 Å². The molecule has 0 unspecified atom stereocenters. The minimum Gasteiger partial charge on any atom is -0.507 e. The standard InChI is InChI=1S/C16H16O5/c1-16(20)6-9-3-8-4-10(21-2)5-11(17)13(8)15(19)14(9)12(18)7-16/h3-5,17,19-20H,6-7H2,1-2H3/t16-/m0/s1. The number of ether oxygens (including phenoxy) is 1. The van der Waals surface area contributed by atoms with E-state index >= 15 is 0 Å². The second-order valence-corrected chi connectivity index (χ2v) is 5.78. The molecule has 0 saturated heterocycles. The maximum atomic E-state index is 12.2. The Hall–Kier alpha value is -2.27. The summed E-state index contributed by atoms with van der Waals surface area (Å²) in [6.45, 7) is 1.60. The molecule has 0 bridgehead atoms. The molecule has 0 heterocycles. The first kappa shape index (κ1) is 13.7. The first-order chi connectivity index (χ1) is 9.82. The van der Waals surface area contributed by atoms with Crippen LogP contribution in [-0.4, -0.2) is 33.8 Å². The van der Waals surface area contributed by atoms with Crippen molar-refractivity contribution in [2.45, 2.75) is 25.4 Å². The van der Waals surface area contributed by atoms with Crippen molar-refractivity contribution in [2.24, 2.45) is 0 Å². The van der Waals surface area contributed by atoms with Crippen molar-refractivity contribution >= 4 is 16.6 Å². The summed E-state index contributed by atoms with van der Waals surface area (Å²) < 4.78 is 5.09. The molecule has 2 aromatic carbocycles. The summed E-state index contributed by atoms with van der Waals surface area (Å²) >= 11 is 0. The van der Waals surface area contributed by atoms with Crippen LogP contribution < -0.4 is 4.74 Å². The van der Waals surface area contributed by atoms with Gasteiger partial charge in [0.25, 0.3) is 0 Å². The maximum Gasteiger partial charge on any atom is 0.169 e. The number of carbonyl (C=O) groups excluding carboxylic acids is 1. The van der Waals surface area contributed by atoms with Crippen molar-refractivity contribution in [3.63, 3.8) is 0 Å². The Labute approximate surface area is 121 Å². The lowest BCUT2D eigenvalue weighted by atomic mass is 9.79. The predicted molar refractivity (Wildman–Crippen MR) is 77.1 cm³/mol. The lowest BCUT2D eigenvalue weighted by molar-refractivity contribution is 0.0409. The van der Waals surface area contributed by atoms with Gasteiger partial charge in [-0.05, 0) is 30.0 Å². The average Bonchev–Trinajstić information content (AvgIpc) is 2.35. The second kappa shape index (κ2) is 4.36. The Morgan fingerprint density at radius 3 is 2.57 bits per heavy atom. The molecule has 1 aliphatic rings. The number of hydrogen-bond donors (Lipinski definition) is 3. The number of Topliss-reactive ketones (excluding diaryl/α,β-unsaturated/α-hetero) is 1. The van der Waals surface area contributed by atoms with Crippen LogP contribution in [0.1, 0.15) is 29.3 Å². The maximum absolute atomic E-state index is 12.2. The van der Waals surface area contributed by atoms with Crippen LogP contribution in [-0.2, 0) is 6.42 Å². The van der Waals surface area contributed by atoms with E-state index in [0.717, 1.165) is 0 Å². The van der Waals surface area contributed by atoms with Crippen LogP contribution in [0.3, 0.4) is 0 Å². The van der Waals surface area contributed by atoms with Gasteiger partial charge in [0, 0.05) is 18.9 Å². The quantitative estimate of drug-likeness (QED) is 0.748. The molecule has 0 spiro atoms. The van der Waals surface area contributed by atoms with Gasteiger partial charge < -0.3 is 20.1 Å². The minimum atomic E-state index is -1.12. The number of aromatic hydroxyl groups is 2. The number of carbonyl (C=O) groups is 1. The van der Waals surface area contributed by atoms with Crippen LogP contribution in [0.15, 0.2) is 18.2 Å². The fraction of sp³-hybridized carbons (Fsp3) is 0.312. The number of hydrogen-bond acceptors (Lipinski definition) is 5. The van der Waals surface area contributed by atoms with E-state index in [-0.39, 0.29) is 41.1 Å². The van der Waals surface area contributed by atoms with Crippen molar-refractivity contribution in [3.05, 3.63) is 29.3 Å². The monoisotopic (exact) mass is 288 g/mol. The van der Waals surface area contributed by atoms with Crippen LogP contribution in [0.5, 0.6) is 17.2 Å². The van der Waals surface area contributed by atoms with Crippen molar-refractivity contribution in [1.29, 1.82) is 0 Å². The first-order valence-electron chi connectivity index (χ1n) is 6.63. The van der Waals surface area contributed by atoms with Gasteiger partial charge in [-0.2, -0.15) is 0 Å². The van der Waals surface area contributed by atoms with Gasteiger partial charge >= 0.3 is 0 Å². The van der Waals surface area contributed by atoms with Crippen LogP contribution in [0.2, 0.25) is 0 Å². The van der Waals surface area contributed by atoms with Gasteiger partial charge in [-0.1, -0.05) is 0 Å². The highest BCUT2D eigenvalue weighted by Gasteiger charge is 2.35. The topological polar surface area (TPSA) is 87.0 Å². The Bertz CT molecular complexity index is 761. The number of rotatable bonds is 1. The van der Waals surface area contributed by atoms with Gasteiger partial charge in [0.05, 0.1) is 23.7 Å². The van der Waals surface area contributed by atoms with Gasteiger partial charge in [0.2, 0.25) is 0 Å². The highest BCUT2D eigenvalue weighted by Crippen LogP contribution is 2.43. The zero-order valence-corrected chi connectivity index (χ0v) is 11.8. The van der Waals surface area contributed by atoms with Crippen molar-refractivity contribution in [2.75, 3.05) is 7.11 Å². The van der Waals surface area contributed by atoms with Crippen molar-refractivity contribution in [1.82, 2.24) is 0 Å². The predicted octanol–water partition coefficient (Wildman–Crippen LogP) is 2.14. The molecule has 1 aliphatic carbocycles. The number of ketones is 1. The van der Waals surface area contributed by atoms with Crippen molar-refractivity contribution in [3.8, 4) is 17.2 Å². The highest BCUT2D eigenvalue weighted by molar-refractivity contribution is 6.09. The van der Waals surface area contributed by atoms with E-state index in [1.165, 1.54) is 13.2 Å². The molecule has 0 fully saturated rings. The van der Waals surface area contributed by atoms with Gasteiger partial charge in [-0.25, -0.2) is 0 Å². The van der Waals surface area contributed by atoms with E-state index < -0.39 is 5.60 Å². The summed E-state index contributed by atoms with van der Waals surface area (Å²) in [6, 6.07) is 4.76. The molecule has 3 rings (SSSR count). The first-order valence-corrected chi connectivity index (χ1v) is 6.63. The number of benzene rings is 2. The Morgan fingerprint density at radius 2 is 1.90 bits per heavy atom. The molecule has 3 N–H and O–H groups in total. The molecule has 0 aromatic heterocycles. The number of methoxy groups -OCH3 is 1. The Kier molecular flexibility index (Phi) is 2.85. The molecule has 21 heavy (non-hydrogen) atoms. The molecular formula is C16H16O5. The largest absolute Gasteiger partial charge is 0.507 e.